The van der Waals surface area contributed by atoms with Crippen LogP contribution in [-0.2, 0) is 20.9 Å². The molecule has 5 nitrogen and oxygen atoms in total. The lowest BCUT2D eigenvalue weighted by Gasteiger charge is -2.21. The molecule has 0 unspecified atom stereocenters. The summed E-state index contributed by atoms with van der Waals surface area (Å²) in [5, 5.41) is 0. The Labute approximate surface area is 166 Å². The van der Waals surface area contributed by atoms with Gasteiger partial charge in [-0.1, -0.05) is 55.5 Å². The van der Waals surface area contributed by atoms with Crippen molar-refractivity contribution in [2.75, 3.05) is 20.3 Å². The summed E-state index contributed by atoms with van der Waals surface area (Å²) in [6.07, 6.45) is 4.34. The Balaban J connectivity index is 2.12. The number of carbonyl (C=O) groups is 2. The van der Waals surface area contributed by atoms with E-state index in [0.29, 0.717) is 19.7 Å². The van der Waals surface area contributed by atoms with Crippen molar-refractivity contribution in [3.8, 4) is 5.75 Å². The fourth-order valence-electron chi connectivity index (χ4n) is 2.63. The van der Waals surface area contributed by atoms with Crippen molar-refractivity contribution < 1.29 is 19.1 Å². The molecule has 2 aromatic carbocycles. The quantitative estimate of drug-likeness (QED) is 0.460. The molecule has 0 aliphatic carbocycles. The van der Waals surface area contributed by atoms with Gasteiger partial charge in [0.1, 0.15) is 5.75 Å². The number of amides is 1. The highest BCUT2D eigenvalue weighted by molar-refractivity contribution is 5.92. The van der Waals surface area contributed by atoms with E-state index >= 15 is 0 Å². The van der Waals surface area contributed by atoms with E-state index in [1.54, 1.807) is 11.0 Å². The van der Waals surface area contributed by atoms with Crippen LogP contribution in [0.1, 0.15) is 30.9 Å². The number of para-hydroxylation sites is 1. The van der Waals surface area contributed by atoms with E-state index < -0.39 is 0 Å². The van der Waals surface area contributed by atoms with Crippen LogP contribution < -0.4 is 4.74 Å². The topological polar surface area (TPSA) is 55.8 Å². The van der Waals surface area contributed by atoms with Crippen molar-refractivity contribution in [1.29, 1.82) is 0 Å². The number of benzene rings is 2. The van der Waals surface area contributed by atoms with Gasteiger partial charge in [0.15, 0.2) is 0 Å². The molecular formula is C23H27NO4. The Morgan fingerprint density at radius 2 is 1.75 bits per heavy atom. The fourth-order valence-corrected chi connectivity index (χ4v) is 2.63. The van der Waals surface area contributed by atoms with Crippen molar-refractivity contribution in [2.45, 2.75) is 26.3 Å². The largest absolute Gasteiger partial charge is 0.493 e. The van der Waals surface area contributed by atoms with Gasteiger partial charge >= 0.3 is 5.97 Å². The highest BCUT2D eigenvalue weighted by atomic mass is 16.5. The maximum atomic E-state index is 12.8. The predicted octanol–water partition coefficient (Wildman–Crippen LogP) is 4.08. The summed E-state index contributed by atoms with van der Waals surface area (Å²) >= 11 is 0. The third-order valence-corrected chi connectivity index (χ3v) is 4.13. The third-order valence-electron chi connectivity index (χ3n) is 4.13. The van der Waals surface area contributed by atoms with Crippen molar-refractivity contribution in [3.05, 3.63) is 71.8 Å². The smallest absolute Gasteiger partial charge is 0.307 e. The minimum absolute atomic E-state index is 0.152. The van der Waals surface area contributed by atoms with Gasteiger partial charge in [-0.25, -0.2) is 0 Å². The second-order valence-electron chi connectivity index (χ2n) is 6.29. The average molecular weight is 381 g/mol. The molecular weight excluding hydrogens is 354 g/mol. The third kappa shape index (κ3) is 6.91. The van der Waals surface area contributed by atoms with Gasteiger partial charge in [-0.2, -0.15) is 0 Å². The molecule has 0 radical (unpaired) electrons. The van der Waals surface area contributed by atoms with E-state index in [4.69, 9.17) is 9.47 Å². The maximum Gasteiger partial charge on any atom is 0.307 e. The number of hydrogen-bond acceptors (Lipinski definition) is 4. The zero-order chi connectivity index (χ0) is 20.2. The minimum Gasteiger partial charge on any atom is -0.493 e. The van der Waals surface area contributed by atoms with Crippen LogP contribution in [0.3, 0.4) is 0 Å². The first-order chi connectivity index (χ1) is 13.6. The van der Waals surface area contributed by atoms with Gasteiger partial charge in [-0.3, -0.25) is 9.59 Å². The van der Waals surface area contributed by atoms with E-state index in [1.165, 1.54) is 13.2 Å². The summed E-state index contributed by atoms with van der Waals surface area (Å²) in [5.74, 6) is 0.240. The van der Waals surface area contributed by atoms with Gasteiger partial charge in [0.05, 0.1) is 20.1 Å². The summed E-state index contributed by atoms with van der Waals surface area (Å²) in [6.45, 7) is 3.39. The SMILES string of the molecule is CCCOc1ccccc1/C=C/C(=O)N(CCC(=O)OC)Cc1ccccc1. The lowest BCUT2D eigenvalue weighted by Crippen LogP contribution is -2.31. The molecule has 0 aliphatic rings. The maximum absolute atomic E-state index is 12.8. The van der Waals surface area contributed by atoms with Crippen LogP contribution in [0.5, 0.6) is 5.75 Å². The molecule has 0 aromatic heterocycles. The molecule has 5 heteroatoms. The molecule has 2 rings (SSSR count). The molecule has 0 N–H and O–H groups in total. The van der Waals surface area contributed by atoms with E-state index in [2.05, 4.69) is 0 Å². The summed E-state index contributed by atoms with van der Waals surface area (Å²) < 4.78 is 10.4. The monoisotopic (exact) mass is 381 g/mol. The molecule has 2 aromatic rings. The highest BCUT2D eigenvalue weighted by Gasteiger charge is 2.14. The van der Waals surface area contributed by atoms with Gasteiger partial charge in [0.25, 0.3) is 0 Å². The average Bonchev–Trinajstić information content (AvgIpc) is 2.74. The van der Waals surface area contributed by atoms with Crippen molar-refractivity contribution in [1.82, 2.24) is 4.90 Å². The first kappa shape index (κ1) is 21.2. The van der Waals surface area contributed by atoms with Crippen molar-refractivity contribution >= 4 is 18.0 Å². The molecule has 0 spiro atoms. The molecule has 28 heavy (non-hydrogen) atoms. The Morgan fingerprint density at radius 3 is 2.46 bits per heavy atom. The highest BCUT2D eigenvalue weighted by Crippen LogP contribution is 2.20. The van der Waals surface area contributed by atoms with Crippen LogP contribution in [-0.4, -0.2) is 37.0 Å². The van der Waals surface area contributed by atoms with Gasteiger partial charge in [-0.05, 0) is 24.1 Å². The fraction of sp³-hybridized carbons (Fsp3) is 0.304. The number of esters is 1. The molecule has 0 bridgehead atoms. The molecule has 0 saturated carbocycles. The lowest BCUT2D eigenvalue weighted by molar-refractivity contribution is -0.141. The second-order valence-corrected chi connectivity index (χ2v) is 6.29. The van der Waals surface area contributed by atoms with Crippen molar-refractivity contribution in [2.24, 2.45) is 0 Å². The van der Waals surface area contributed by atoms with Crippen LogP contribution >= 0.6 is 0 Å². The number of methoxy groups -OCH3 is 1. The lowest BCUT2D eigenvalue weighted by atomic mass is 10.1. The molecule has 0 aliphatic heterocycles. The first-order valence-electron chi connectivity index (χ1n) is 9.43. The zero-order valence-electron chi connectivity index (χ0n) is 16.5. The Hall–Kier alpha value is -3.08. The van der Waals surface area contributed by atoms with E-state index in [9.17, 15) is 9.59 Å². The Morgan fingerprint density at radius 1 is 1.04 bits per heavy atom. The minimum atomic E-state index is -0.340. The van der Waals surface area contributed by atoms with Gasteiger partial charge in [0.2, 0.25) is 5.91 Å². The van der Waals surface area contributed by atoms with Crippen LogP contribution in [0.25, 0.3) is 6.08 Å². The number of nitrogens with zero attached hydrogens (tertiary/aromatic N) is 1. The summed E-state index contributed by atoms with van der Waals surface area (Å²) in [6, 6.07) is 17.3. The van der Waals surface area contributed by atoms with E-state index in [0.717, 1.165) is 23.3 Å². The van der Waals surface area contributed by atoms with E-state index in [-0.39, 0.29) is 18.3 Å². The molecule has 0 saturated heterocycles. The van der Waals surface area contributed by atoms with Crippen LogP contribution in [0.4, 0.5) is 0 Å². The molecule has 0 fully saturated rings. The van der Waals surface area contributed by atoms with E-state index in [1.807, 2.05) is 61.5 Å². The first-order valence-corrected chi connectivity index (χ1v) is 9.43. The molecule has 0 atom stereocenters. The standard InChI is InChI=1S/C23H27NO4/c1-3-17-28-21-12-8-7-11-20(21)13-14-22(25)24(16-15-23(26)27-2)18-19-9-5-4-6-10-19/h4-14H,3,15-18H2,1-2H3/b14-13+. The summed E-state index contributed by atoms with van der Waals surface area (Å²) in [7, 11) is 1.35. The molecule has 0 heterocycles. The van der Waals surface area contributed by atoms with Gasteiger partial charge < -0.3 is 14.4 Å². The van der Waals surface area contributed by atoms with Gasteiger partial charge in [0, 0.05) is 24.7 Å². The summed E-state index contributed by atoms with van der Waals surface area (Å²) in [5.41, 5.74) is 1.85. The number of carbonyl (C=O) groups excluding carboxylic acids is 2. The molecule has 148 valence electrons. The number of ether oxygens (including phenoxy) is 2. The summed E-state index contributed by atoms with van der Waals surface area (Å²) in [4.78, 5) is 26.0. The van der Waals surface area contributed by atoms with Gasteiger partial charge in [-0.15, -0.1) is 0 Å². The van der Waals surface area contributed by atoms with Crippen molar-refractivity contribution in [3.63, 3.8) is 0 Å². The normalized spacial score (nSPS) is 10.6. The van der Waals surface area contributed by atoms with Crippen LogP contribution in [0.2, 0.25) is 0 Å². The number of rotatable bonds is 10. The second kappa shape index (κ2) is 11.6. The zero-order valence-corrected chi connectivity index (χ0v) is 16.5. The Kier molecular flexibility index (Phi) is 8.79. The number of hydrogen-bond donors (Lipinski definition) is 0. The van der Waals surface area contributed by atoms with Crippen LogP contribution in [0, 0.1) is 0 Å². The predicted molar refractivity (Wildman–Crippen MR) is 110 cm³/mol. The molecule has 1 amide bonds. The Bertz CT molecular complexity index is 786. The van der Waals surface area contributed by atoms with Crippen LogP contribution in [0.15, 0.2) is 60.7 Å².